The molecule has 0 saturated heterocycles. The predicted octanol–water partition coefficient (Wildman–Crippen LogP) is 4.27. The van der Waals surface area contributed by atoms with Crippen LogP contribution in [0, 0.1) is 0 Å². The van der Waals surface area contributed by atoms with Crippen LogP contribution in [0.25, 0.3) is 0 Å². The van der Waals surface area contributed by atoms with Crippen LogP contribution in [0.15, 0.2) is 53.4 Å². The lowest BCUT2D eigenvalue weighted by molar-refractivity contribution is 0.567. The first-order valence-electron chi connectivity index (χ1n) is 6.35. The van der Waals surface area contributed by atoms with Crippen LogP contribution in [0.5, 0.6) is 0 Å². The molecule has 0 aromatic heterocycles. The minimum Gasteiger partial charge on any atom is -0.207 e. The van der Waals surface area contributed by atoms with E-state index >= 15 is 0 Å². The first-order chi connectivity index (χ1) is 9.94. The fourth-order valence-corrected chi connectivity index (χ4v) is 3.84. The summed E-state index contributed by atoms with van der Waals surface area (Å²) in [7, 11) is -3.57. The molecule has 0 heterocycles. The second kappa shape index (κ2) is 6.92. The van der Waals surface area contributed by atoms with Crippen molar-refractivity contribution in [3.05, 3.63) is 64.7 Å². The highest BCUT2D eigenvalue weighted by Gasteiger charge is 2.19. The molecule has 21 heavy (non-hydrogen) atoms. The Morgan fingerprint density at radius 2 is 1.76 bits per heavy atom. The molecule has 0 spiro atoms. The maximum Gasteiger partial charge on any atom is 0.241 e. The second-order valence-electron chi connectivity index (χ2n) is 4.64. The topological polar surface area (TPSA) is 46.2 Å². The molecule has 2 rings (SSSR count). The maximum atomic E-state index is 12.4. The maximum absolute atomic E-state index is 12.4. The van der Waals surface area contributed by atoms with E-state index < -0.39 is 16.1 Å². The molecule has 0 bridgehead atoms. The molecule has 0 fully saturated rings. The Hall–Kier alpha value is -0.880. The van der Waals surface area contributed by atoms with E-state index in [2.05, 4.69) is 20.7 Å². The van der Waals surface area contributed by atoms with Gasteiger partial charge >= 0.3 is 0 Å². The molecule has 0 aliphatic heterocycles. The molecule has 2 aromatic carbocycles. The number of alkyl halides is 1. The molecule has 1 unspecified atom stereocenters. The van der Waals surface area contributed by atoms with E-state index in [1.807, 2.05) is 18.2 Å². The molecule has 6 heteroatoms. The van der Waals surface area contributed by atoms with E-state index in [4.69, 9.17) is 11.6 Å². The van der Waals surface area contributed by atoms with Crippen molar-refractivity contribution in [2.75, 3.05) is 0 Å². The van der Waals surface area contributed by atoms with Gasteiger partial charge in [-0.15, -0.1) is 0 Å². The Kier molecular flexibility index (Phi) is 5.43. The molecular formula is C15H15BrClNO2S. The molecule has 112 valence electrons. The summed E-state index contributed by atoms with van der Waals surface area (Å²) in [5.41, 5.74) is 1.77. The lowest BCUT2D eigenvalue weighted by atomic mass is 10.1. The van der Waals surface area contributed by atoms with E-state index in [0.717, 1.165) is 11.1 Å². The van der Waals surface area contributed by atoms with Gasteiger partial charge in [-0.1, -0.05) is 57.9 Å². The van der Waals surface area contributed by atoms with Gasteiger partial charge in [0.05, 0.1) is 4.90 Å². The number of halogens is 2. The monoisotopic (exact) mass is 387 g/mol. The summed E-state index contributed by atoms with van der Waals surface area (Å²) in [5, 5.41) is 1.24. The second-order valence-corrected chi connectivity index (χ2v) is 7.32. The van der Waals surface area contributed by atoms with Gasteiger partial charge in [0.15, 0.2) is 0 Å². The molecule has 0 saturated carbocycles. The fourth-order valence-electron chi connectivity index (χ4n) is 1.95. The summed E-state index contributed by atoms with van der Waals surface area (Å²) < 4.78 is 27.4. The molecule has 2 aromatic rings. The third-order valence-corrected chi connectivity index (χ3v) is 5.64. The van der Waals surface area contributed by atoms with Crippen LogP contribution in [0.2, 0.25) is 5.02 Å². The summed E-state index contributed by atoms with van der Waals surface area (Å²) in [6.45, 7) is 1.77. The highest BCUT2D eigenvalue weighted by atomic mass is 79.9. The smallest absolute Gasteiger partial charge is 0.207 e. The molecule has 3 nitrogen and oxygen atoms in total. The molecule has 0 aliphatic carbocycles. The zero-order chi connectivity index (χ0) is 15.5. The van der Waals surface area contributed by atoms with Gasteiger partial charge in [0, 0.05) is 16.4 Å². The summed E-state index contributed by atoms with van der Waals surface area (Å²) >= 11 is 9.43. The van der Waals surface area contributed by atoms with Crippen molar-refractivity contribution >= 4 is 37.6 Å². The molecule has 1 atom stereocenters. The third kappa shape index (κ3) is 4.07. The first-order valence-corrected chi connectivity index (χ1v) is 9.34. The molecule has 0 radical (unpaired) electrons. The van der Waals surface area contributed by atoms with Crippen LogP contribution in [0.4, 0.5) is 0 Å². The van der Waals surface area contributed by atoms with Crippen LogP contribution in [0.3, 0.4) is 0 Å². The van der Waals surface area contributed by atoms with Gasteiger partial charge in [-0.25, -0.2) is 13.1 Å². The molecule has 0 aliphatic rings. The van der Waals surface area contributed by atoms with Gasteiger partial charge in [-0.2, -0.15) is 0 Å². The van der Waals surface area contributed by atoms with Gasteiger partial charge in [0.2, 0.25) is 10.0 Å². The average molecular weight is 389 g/mol. The summed E-state index contributed by atoms with van der Waals surface area (Å²) in [6.07, 6.45) is 0. The van der Waals surface area contributed by atoms with Gasteiger partial charge in [0.1, 0.15) is 0 Å². The van der Waals surface area contributed by atoms with Crippen molar-refractivity contribution in [2.24, 2.45) is 0 Å². The van der Waals surface area contributed by atoms with E-state index in [0.29, 0.717) is 10.4 Å². The number of benzene rings is 2. The van der Waals surface area contributed by atoms with Gasteiger partial charge in [-0.05, 0) is 36.2 Å². The van der Waals surface area contributed by atoms with Crippen LogP contribution in [0.1, 0.15) is 24.1 Å². The Labute approximate surface area is 138 Å². The number of nitrogens with one attached hydrogen (secondary N) is 1. The van der Waals surface area contributed by atoms with Crippen LogP contribution in [-0.2, 0) is 15.4 Å². The molecule has 0 amide bonds. The number of hydrogen-bond donors (Lipinski definition) is 1. The quantitative estimate of drug-likeness (QED) is 0.777. The standard InChI is InChI=1S/C15H15BrClNO2S/c1-11(14-4-2-3-5-15(14)17)18-21(19,20)13-8-6-12(10-16)7-9-13/h2-9,11,18H,10H2,1H3. The Morgan fingerprint density at radius 1 is 1.14 bits per heavy atom. The average Bonchev–Trinajstić information content (AvgIpc) is 2.47. The van der Waals surface area contributed by atoms with Crippen LogP contribution in [-0.4, -0.2) is 8.42 Å². The van der Waals surface area contributed by atoms with Crippen molar-refractivity contribution in [1.82, 2.24) is 4.72 Å². The van der Waals surface area contributed by atoms with Crippen LogP contribution < -0.4 is 4.72 Å². The highest BCUT2D eigenvalue weighted by molar-refractivity contribution is 9.08. The Morgan fingerprint density at radius 3 is 2.33 bits per heavy atom. The fraction of sp³-hybridized carbons (Fsp3) is 0.200. The van der Waals surface area contributed by atoms with E-state index in [9.17, 15) is 8.42 Å². The number of hydrogen-bond acceptors (Lipinski definition) is 2. The normalized spacial score (nSPS) is 13.1. The van der Waals surface area contributed by atoms with E-state index in [1.54, 1.807) is 37.3 Å². The zero-order valence-electron chi connectivity index (χ0n) is 11.4. The van der Waals surface area contributed by atoms with Crippen molar-refractivity contribution in [3.63, 3.8) is 0 Å². The first kappa shape index (κ1) is 16.5. The predicted molar refractivity (Wildman–Crippen MR) is 89.3 cm³/mol. The molecule has 1 N–H and O–H groups in total. The van der Waals surface area contributed by atoms with Crippen molar-refractivity contribution in [1.29, 1.82) is 0 Å². The lowest BCUT2D eigenvalue weighted by Gasteiger charge is -2.16. The third-order valence-electron chi connectivity index (χ3n) is 3.09. The largest absolute Gasteiger partial charge is 0.241 e. The molecular weight excluding hydrogens is 374 g/mol. The van der Waals surface area contributed by atoms with Gasteiger partial charge < -0.3 is 0 Å². The van der Waals surface area contributed by atoms with E-state index in [1.165, 1.54) is 0 Å². The zero-order valence-corrected chi connectivity index (χ0v) is 14.5. The van der Waals surface area contributed by atoms with Gasteiger partial charge in [-0.3, -0.25) is 0 Å². The minimum absolute atomic E-state index is 0.242. The van der Waals surface area contributed by atoms with Crippen molar-refractivity contribution in [2.45, 2.75) is 23.2 Å². The van der Waals surface area contributed by atoms with Crippen molar-refractivity contribution in [3.8, 4) is 0 Å². The van der Waals surface area contributed by atoms with Gasteiger partial charge in [0.25, 0.3) is 0 Å². The van der Waals surface area contributed by atoms with Crippen molar-refractivity contribution < 1.29 is 8.42 Å². The Bertz CT molecular complexity index is 717. The van der Waals surface area contributed by atoms with Crippen LogP contribution >= 0.6 is 27.5 Å². The number of sulfonamides is 1. The summed E-state index contributed by atoms with van der Waals surface area (Å²) in [5.74, 6) is 0. The SMILES string of the molecule is CC(NS(=O)(=O)c1ccc(CBr)cc1)c1ccccc1Cl. The number of rotatable bonds is 5. The van der Waals surface area contributed by atoms with E-state index in [-0.39, 0.29) is 4.90 Å². The Balaban J connectivity index is 2.22. The summed E-state index contributed by atoms with van der Waals surface area (Å²) in [6, 6.07) is 13.5. The summed E-state index contributed by atoms with van der Waals surface area (Å²) in [4.78, 5) is 0.242. The minimum atomic E-state index is -3.57. The highest BCUT2D eigenvalue weighted by Crippen LogP contribution is 2.24. The lowest BCUT2D eigenvalue weighted by Crippen LogP contribution is -2.27.